The minimum atomic E-state index is -1.70. The quantitative estimate of drug-likeness (QED) is 0.510. The highest BCUT2D eigenvalue weighted by Gasteiger charge is 2.57. The molecular formula is C4H3Cl5O. The van der Waals surface area contributed by atoms with E-state index in [0.717, 1.165) is 0 Å². The summed E-state index contributed by atoms with van der Waals surface area (Å²) in [6.07, 6.45) is -0.358. The van der Waals surface area contributed by atoms with E-state index in [-0.39, 0.29) is 6.10 Å². The molecule has 1 unspecified atom stereocenters. The van der Waals surface area contributed by atoms with Crippen molar-refractivity contribution in [2.24, 2.45) is 0 Å². The first kappa shape index (κ1) is 9.50. The average Bonchev–Trinajstić information content (AvgIpc) is 2.38. The Balaban J connectivity index is 2.66. The molecule has 0 amide bonds. The van der Waals surface area contributed by atoms with Crippen molar-refractivity contribution in [1.82, 2.24) is 0 Å². The minimum absolute atomic E-state index is 0.358. The second kappa shape index (κ2) is 2.72. The lowest BCUT2D eigenvalue weighted by Gasteiger charge is -2.24. The summed E-state index contributed by atoms with van der Waals surface area (Å²) in [7, 11) is 0. The van der Waals surface area contributed by atoms with Gasteiger partial charge in [0.15, 0.2) is 4.33 Å². The molecule has 0 aromatic rings. The van der Waals surface area contributed by atoms with Gasteiger partial charge in [0, 0.05) is 0 Å². The summed E-state index contributed by atoms with van der Waals surface area (Å²) in [6, 6.07) is 0. The zero-order chi connectivity index (χ0) is 7.99. The van der Waals surface area contributed by atoms with E-state index in [0.29, 0.717) is 6.61 Å². The molecule has 60 valence electrons. The van der Waals surface area contributed by atoms with Crippen LogP contribution in [0, 0.1) is 0 Å². The summed E-state index contributed by atoms with van der Waals surface area (Å²) in [5.74, 6) is 0. The Kier molecular flexibility index (Phi) is 2.58. The standard InChI is InChI=1S/C4H3Cl5O/c5-3(6,2-1-10-2)4(7,8)9/h2H,1H2. The number of halogens is 5. The number of hydrogen-bond donors (Lipinski definition) is 0. The predicted molar refractivity (Wildman–Crippen MR) is 44.5 cm³/mol. The van der Waals surface area contributed by atoms with Gasteiger partial charge in [-0.1, -0.05) is 58.0 Å². The van der Waals surface area contributed by atoms with Crippen LogP contribution < -0.4 is 0 Å². The molecule has 0 aromatic heterocycles. The summed E-state index contributed by atoms with van der Waals surface area (Å²) in [5.41, 5.74) is 0. The van der Waals surface area contributed by atoms with Crippen LogP contribution in [0.4, 0.5) is 0 Å². The number of rotatable bonds is 1. The van der Waals surface area contributed by atoms with Gasteiger partial charge in [0.05, 0.1) is 6.61 Å². The smallest absolute Gasteiger partial charge is 0.225 e. The summed E-state index contributed by atoms with van der Waals surface area (Å²) in [4.78, 5) is 0. The van der Waals surface area contributed by atoms with E-state index in [1.54, 1.807) is 0 Å². The first-order chi connectivity index (χ1) is 4.36. The van der Waals surface area contributed by atoms with Crippen molar-refractivity contribution in [1.29, 1.82) is 0 Å². The molecule has 1 aliphatic rings. The molecule has 1 nitrogen and oxygen atoms in total. The lowest BCUT2D eigenvalue weighted by atomic mass is 10.3. The number of alkyl halides is 5. The van der Waals surface area contributed by atoms with Crippen molar-refractivity contribution >= 4 is 58.0 Å². The van der Waals surface area contributed by atoms with Crippen LogP contribution in [-0.4, -0.2) is 20.8 Å². The summed E-state index contributed by atoms with van der Waals surface area (Å²) in [6.45, 7) is 0.445. The van der Waals surface area contributed by atoms with E-state index in [9.17, 15) is 0 Å². The molecule has 1 aliphatic heterocycles. The van der Waals surface area contributed by atoms with Gasteiger partial charge in [-0.25, -0.2) is 0 Å². The van der Waals surface area contributed by atoms with Crippen molar-refractivity contribution in [3.63, 3.8) is 0 Å². The largest absolute Gasteiger partial charge is 0.370 e. The molecule has 1 fully saturated rings. The van der Waals surface area contributed by atoms with E-state index < -0.39 is 8.13 Å². The van der Waals surface area contributed by atoms with Gasteiger partial charge in [0.2, 0.25) is 3.79 Å². The molecule has 1 heterocycles. The van der Waals surface area contributed by atoms with Crippen molar-refractivity contribution < 1.29 is 4.74 Å². The van der Waals surface area contributed by atoms with Crippen LogP contribution in [0.25, 0.3) is 0 Å². The van der Waals surface area contributed by atoms with E-state index in [4.69, 9.17) is 62.7 Å². The molecular weight excluding hydrogens is 241 g/mol. The van der Waals surface area contributed by atoms with Gasteiger partial charge < -0.3 is 4.74 Å². The number of epoxide rings is 1. The van der Waals surface area contributed by atoms with E-state index in [2.05, 4.69) is 0 Å². The molecule has 0 aliphatic carbocycles. The fourth-order valence-electron chi connectivity index (χ4n) is 0.440. The second-order valence-corrected chi connectivity index (χ2v) is 5.61. The molecule has 0 radical (unpaired) electrons. The number of ether oxygens (including phenoxy) is 1. The fourth-order valence-corrected chi connectivity index (χ4v) is 1.06. The summed E-state index contributed by atoms with van der Waals surface area (Å²) >= 11 is 27.6. The third kappa shape index (κ3) is 1.77. The molecule has 10 heavy (non-hydrogen) atoms. The molecule has 6 heteroatoms. The number of hydrogen-bond acceptors (Lipinski definition) is 1. The third-order valence-electron chi connectivity index (χ3n) is 1.12. The van der Waals surface area contributed by atoms with Gasteiger partial charge in [-0.05, 0) is 0 Å². The lowest BCUT2D eigenvalue weighted by Crippen LogP contribution is -2.36. The first-order valence-electron chi connectivity index (χ1n) is 2.42. The molecule has 0 spiro atoms. The van der Waals surface area contributed by atoms with Crippen LogP contribution in [0.2, 0.25) is 0 Å². The van der Waals surface area contributed by atoms with Gasteiger partial charge in [-0.2, -0.15) is 0 Å². The van der Waals surface area contributed by atoms with E-state index in [1.165, 1.54) is 0 Å². The highest BCUT2D eigenvalue weighted by Crippen LogP contribution is 2.51. The maximum absolute atomic E-state index is 5.65. The van der Waals surface area contributed by atoms with Crippen molar-refractivity contribution in [3.8, 4) is 0 Å². The van der Waals surface area contributed by atoms with E-state index >= 15 is 0 Å². The van der Waals surface area contributed by atoms with Crippen LogP contribution in [0.5, 0.6) is 0 Å². The van der Waals surface area contributed by atoms with E-state index in [1.807, 2.05) is 0 Å². The van der Waals surface area contributed by atoms with Crippen molar-refractivity contribution in [3.05, 3.63) is 0 Å². The average molecular weight is 244 g/mol. The fraction of sp³-hybridized carbons (Fsp3) is 1.00. The van der Waals surface area contributed by atoms with Gasteiger partial charge in [-0.15, -0.1) is 0 Å². The SMILES string of the molecule is ClC(Cl)(Cl)C(Cl)(Cl)C1CO1. The molecule has 1 rings (SSSR count). The van der Waals surface area contributed by atoms with Gasteiger partial charge in [0.25, 0.3) is 0 Å². The summed E-state index contributed by atoms with van der Waals surface area (Å²) < 4.78 is 1.65. The van der Waals surface area contributed by atoms with Gasteiger partial charge in [-0.3, -0.25) is 0 Å². The molecule has 0 saturated carbocycles. The Morgan fingerprint density at radius 3 is 1.60 bits per heavy atom. The van der Waals surface area contributed by atoms with Crippen LogP contribution in [0.3, 0.4) is 0 Å². The molecule has 0 aromatic carbocycles. The minimum Gasteiger partial charge on any atom is -0.370 e. The lowest BCUT2D eigenvalue weighted by molar-refractivity contribution is 0.388. The van der Waals surface area contributed by atoms with Crippen LogP contribution in [-0.2, 0) is 4.74 Å². The van der Waals surface area contributed by atoms with Crippen LogP contribution >= 0.6 is 58.0 Å². The van der Waals surface area contributed by atoms with Crippen LogP contribution in [0.1, 0.15) is 0 Å². The normalized spacial score (nSPS) is 26.7. The Morgan fingerprint density at radius 1 is 1.10 bits per heavy atom. The second-order valence-electron chi connectivity index (χ2n) is 1.94. The topological polar surface area (TPSA) is 12.5 Å². The van der Waals surface area contributed by atoms with Gasteiger partial charge >= 0.3 is 0 Å². The van der Waals surface area contributed by atoms with Crippen molar-refractivity contribution in [2.45, 2.75) is 14.2 Å². The Bertz CT molecular complexity index is 135. The zero-order valence-corrected chi connectivity index (χ0v) is 8.36. The third-order valence-corrected chi connectivity index (χ3v) is 3.64. The highest BCUT2D eigenvalue weighted by molar-refractivity contribution is 6.75. The first-order valence-corrected chi connectivity index (χ1v) is 4.31. The Morgan fingerprint density at radius 2 is 1.50 bits per heavy atom. The molecule has 0 N–H and O–H groups in total. The summed E-state index contributed by atoms with van der Waals surface area (Å²) in [5, 5.41) is 0. The zero-order valence-electron chi connectivity index (χ0n) is 4.58. The predicted octanol–water partition coefficient (Wildman–Crippen LogP) is 2.93. The maximum Gasteiger partial charge on any atom is 0.225 e. The molecule has 0 bridgehead atoms. The van der Waals surface area contributed by atoms with Crippen molar-refractivity contribution in [2.75, 3.05) is 6.61 Å². The van der Waals surface area contributed by atoms with Gasteiger partial charge in [0.1, 0.15) is 6.10 Å². The maximum atomic E-state index is 5.65. The Hall–Kier alpha value is 1.41. The molecule has 1 atom stereocenters. The van der Waals surface area contributed by atoms with Crippen LogP contribution in [0.15, 0.2) is 0 Å². The molecule has 1 saturated heterocycles. The Labute approximate surface area is 83.5 Å². The monoisotopic (exact) mass is 242 g/mol. The highest BCUT2D eigenvalue weighted by atomic mass is 35.6.